The van der Waals surface area contributed by atoms with Gasteiger partial charge in [-0.05, 0) is 44.9 Å². The summed E-state index contributed by atoms with van der Waals surface area (Å²) in [5.41, 5.74) is 0. The number of hydrogen-bond donors (Lipinski definition) is 3. The highest BCUT2D eigenvalue weighted by molar-refractivity contribution is 5.74. The highest BCUT2D eigenvalue weighted by Crippen LogP contribution is 2.26. The van der Waals surface area contributed by atoms with Gasteiger partial charge in [0, 0.05) is 12.8 Å². The molecule has 420 valence electrons. The molecular formula is C61H104O12. The van der Waals surface area contributed by atoms with Gasteiger partial charge in [0.15, 0.2) is 24.6 Å². The van der Waals surface area contributed by atoms with Gasteiger partial charge in [0.05, 0.1) is 13.0 Å². The number of carboxylic acid groups (broad SMARTS) is 1. The van der Waals surface area contributed by atoms with Crippen LogP contribution in [0, 0.1) is 0 Å². The first kappa shape index (κ1) is 67.4. The largest absolute Gasteiger partial charge is 0.479 e. The van der Waals surface area contributed by atoms with Crippen LogP contribution in [0.2, 0.25) is 0 Å². The van der Waals surface area contributed by atoms with Gasteiger partial charge in [-0.25, -0.2) is 4.79 Å². The van der Waals surface area contributed by atoms with Crippen LogP contribution >= 0.6 is 0 Å². The van der Waals surface area contributed by atoms with Crippen LogP contribution < -0.4 is 0 Å². The SMILES string of the molecule is CC/C=C\C/C=C\C/C=C\C/C=C\C/C=C\CC(=O)OC1C(OCC(COC(=O)CCCCCCCCCCCCCCCCCCCCC)OC(=O)CCCCCCCCCCC)OC(C(=O)O)C(O)C1O. The average molecular weight is 1030 g/mol. The molecule has 0 aromatic carbocycles. The molecule has 1 saturated heterocycles. The van der Waals surface area contributed by atoms with E-state index in [9.17, 15) is 34.5 Å². The van der Waals surface area contributed by atoms with E-state index in [0.29, 0.717) is 19.3 Å². The first-order valence-corrected chi connectivity index (χ1v) is 29.3. The summed E-state index contributed by atoms with van der Waals surface area (Å²) in [5, 5.41) is 31.4. The number of rotatable bonds is 49. The molecule has 12 heteroatoms. The van der Waals surface area contributed by atoms with Gasteiger partial charge in [-0.3, -0.25) is 14.4 Å². The lowest BCUT2D eigenvalue weighted by Crippen LogP contribution is -2.61. The van der Waals surface area contributed by atoms with E-state index < -0.39 is 67.3 Å². The van der Waals surface area contributed by atoms with Crippen molar-refractivity contribution in [3.63, 3.8) is 0 Å². The predicted molar refractivity (Wildman–Crippen MR) is 294 cm³/mol. The van der Waals surface area contributed by atoms with Crippen molar-refractivity contribution in [2.75, 3.05) is 13.2 Å². The van der Waals surface area contributed by atoms with Crippen molar-refractivity contribution in [1.29, 1.82) is 0 Å². The predicted octanol–water partition coefficient (Wildman–Crippen LogP) is 14.8. The first-order valence-electron chi connectivity index (χ1n) is 29.3. The van der Waals surface area contributed by atoms with Crippen molar-refractivity contribution in [2.24, 2.45) is 0 Å². The molecule has 6 unspecified atom stereocenters. The minimum atomic E-state index is -1.93. The molecule has 12 nitrogen and oxygen atoms in total. The number of hydrogen-bond acceptors (Lipinski definition) is 11. The lowest BCUT2D eigenvalue weighted by Gasteiger charge is -2.40. The molecule has 0 bridgehead atoms. The fourth-order valence-electron chi connectivity index (χ4n) is 8.68. The van der Waals surface area contributed by atoms with Crippen LogP contribution in [-0.2, 0) is 42.9 Å². The molecule has 3 N–H and O–H groups in total. The van der Waals surface area contributed by atoms with Crippen LogP contribution in [0.4, 0.5) is 0 Å². The molecule has 0 aliphatic carbocycles. The normalized spacial score (nSPS) is 18.7. The number of esters is 3. The number of ether oxygens (including phenoxy) is 5. The van der Waals surface area contributed by atoms with Crippen molar-refractivity contribution >= 4 is 23.9 Å². The molecule has 6 atom stereocenters. The van der Waals surface area contributed by atoms with Gasteiger partial charge in [0.25, 0.3) is 0 Å². The third kappa shape index (κ3) is 39.5. The van der Waals surface area contributed by atoms with Crippen molar-refractivity contribution in [2.45, 2.75) is 289 Å². The van der Waals surface area contributed by atoms with Gasteiger partial charge in [0.1, 0.15) is 18.8 Å². The highest BCUT2D eigenvalue weighted by atomic mass is 16.7. The summed E-state index contributed by atoms with van der Waals surface area (Å²) >= 11 is 0. The maximum absolute atomic E-state index is 13.1. The van der Waals surface area contributed by atoms with Crippen LogP contribution in [0.15, 0.2) is 60.8 Å². The third-order valence-corrected chi connectivity index (χ3v) is 13.1. The number of unbranched alkanes of at least 4 members (excludes halogenated alkanes) is 26. The van der Waals surface area contributed by atoms with Crippen molar-refractivity contribution in [1.82, 2.24) is 0 Å². The maximum Gasteiger partial charge on any atom is 0.335 e. The Morgan fingerprint density at radius 3 is 1.26 bits per heavy atom. The molecule has 0 aromatic heterocycles. The molecule has 0 radical (unpaired) electrons. The monoisotopic (exact) mass is 1030 g/mol. The quantitative estimate of drug-likeness (QED) is 0.0228. The van der Waals surface area contributed by atoms with Gasteiger partial charge in [-0.1, -0.05) is 248 Å². The van der Waals surface area contributed by atoms with Gasteiger partial charge in [-0.2, -0.15) is 0 Å². The number of carboxylic acids is 1. The van der Waals surface area contributed by atoms with Crippen LogP contribution in [0.5, 0.6) is 0 Å². The molecule has 1 heterocycles. The summed E-state index contributed by atoms with van der Waals surface area (Å²) in [6.45, 7) is 5.82. The summed E-state index contributed by atoms with van der Waals surface area (Å²) < 4.78 is 28.2. The number of allylic oxidation sites excluding steroid dienone is 9. The molecule has 1 fully saturated rings. The van der Waals surface area contributed by atoms with Crippen LogP contribution in [0.1, 0.15) is 252 Å². The number of carbonyl (C=O) groups is 4. The van der Waals surface area contributed by atoms with Crippen LogP contribution in [0.25, 0.3) is 0 Å². The zero-order chi connectivity index (χ0) is 53.3. The van der Waals surface area contributed by atoms with Gasteiger partial charge >= 0.3 is 23.9 Å². The lowest BCUT2D eigenvalue weighted by atomic mass is 9.98. The number of aliphatic hydroxyl groups excluding tert-OH is 2. The second-order valence-corrected chi connectivity index (χ2v) is 19.9. The molecule has 0 saturated carbocycles. The number of aliphatic carboxylic acids is 1. The molecule has 0 aromatic rings. The van der Waals surface area contributed by atoms with E-state index in [4.69, 9.17) is 23.7 Å². The van der Waals surface area contributed by atoms with E-state index in [1.54, 1.807) is 12.2 Å². The summed E-state index contributed by atoms with van der Waals surface area (Å²) in [7, 11) is 0. The molecule has 0 amide bonds. The fourth-order valence-corrected chi connectivity index (χ4v) is 8.68. The fraction of sp³-hybridized carbons (Fsp3) is 0.770. The second kappa shape index (κ2) is 49.3. The zero-order valence-corrected chi connectivity index (χ0v) is 46.1. The Labute approximate surface area is 443 Å². The summed E-state index contributed by atoms with van der Waals surface area (Å²) in [5.74, 6) is -3.27. The van der Waals surface area contributed by atoms with Crippen molar-refractivity contribution in [3.8, 4) is 0 Å². The minimum Gasteiger partial charge on any atom is -0.479 e. The van der Waals surface area contributed by atoms with Crippen LogP contribution in [0.3, 0.4) is 0 Å². The highest BCUT2D eigenvalue weighted by Gasteiger charge is 2.50. The van der Waals surface area contributed by atoms with E-state index in [-0.39, 0.29) is 25.9 Å². The third-order valence-electron chi connectivity index (χ3n) is 13.1. The average Bonchev–Trinajstić information content (AvgIpc) is 3.37. The van der Waals surface area contributed by atoms with Gasteiger partial charge < -0.3 is 39.0 Å². The molecule has 1 aliphatic heterocycles. The molecule has 1 aliphatic rings. The van der Waals surface area contributed by atoms with E-state index in [1.807, 2.05) is 12.2 Å². The summed E-state index contributed by atoms with van der Waals surface area (Å²) in [4.78, 5) is 50.9. The Bertz CT molecular complexity index is 1500. The Morgan fingerprint density at radius 1 is 0.466 bits per heavy atom. The van der Waals surface area contributed by atoms with E-state index in [0.717, 1.165) is 64.2 Å². The van der Waals surface area contributed by atoms with Gasteiger partial charge in [0.2, 0.25) is 0 Å². The van der Waals surface area contributed by atoms with Crippen molar-refractivity contribution in [3.05, 3.63) is 60.8 Å². The summed E-state index contributed by atoms with van der Waals surface area (Å²) in [6.07, 6.45) is 48.1. The summed E-state index contributed by atoms with van der Waals surface area (Å²) in [6, 6.07) is 0. The van der Waals surface area contributed by atoms with E-state index in [1.165, 1.54) is 128 Å². The zero-order valence-electron chi connectivity index (χ0n) is 46.1. The topological polar surface area (TPSA) is 175 Å². The Balaban J connectivity index is 2.66. The second-order valence-electron chi connectivity index (χ2n) is 19.9. The standard InChI is InChI=1S/C61H104O12/c1-4-7-10-13-16-19-21-23-25-26-27-28-30-31-33-36-38-41-44-47-53(62)69-50-52(71-54(63)48-45-42-39-35-18-15-12-9-6-3)51-70-61-59(57(66)56(65)58(73-61)60(67)68)72-55(64)49-46-43-40-37-34-32-29-24-22-20-17-14-11-8-5-2/h8,11,17,20,24,29,34,37,43,46,52,56-59,61,65-66H,4-7,9-10,12-16,18-19,21-23,25-28,30-33,35-36,38-42,44-45,47-51H2,1-3H3,(H,67,68)/b11-8-,20-17-,29-24-,37-34-,46-43-. The first-order chi connectivity index (χ1) is 35.6. The van der Waals surface area contributed by atoms with Crippen molar-refractivity contribution < 1.29 is 58.2 Å². The molecular weight excluding hydrogens is 925 g/mol. The number of aliphatic hydroxyl groups is 2. The van der Waals surface area contributed by atoms with E-state index in [2.05, 4.69) is 57.2 Å². The number of carbonyl (C=O) groups excluding carboxylic acids is 3. The molecule has 0 spiro atoms. The Hall–Kier alpha value is -3.58. The Kier molecular flexibility index (Phi) is 45.5. The Morgan fingerprint density at radius 2 is 0.849 bits per heavy atom. The maximum atomic E-state index is 13.1. The molecule has 1 rings (SSSR count). The lowest BCUT2D eigenvalue weighted by molar-refractivity contribution is -0.301. The van der Waals surface area contributed by atoms with E-state index >= 15 is 0 Å². The van der Waals surface area contributed by atoms with Crippen LogP contribution in [-0.4, -0.2) is 89.2 Å². The van der Waals surface area contributed by atoms with Gasteiger partial charge in [-0.15, -0.1) is 0 Å². The minimum absolute atomic E-state index is 0.154. The molecule has 73 heavy (non-hydrogen) atoms. The smallest absolute Gasteiger partial charge is 0.335 e.